The maximum absolute atomic E-state index is 13.3. The molecular weight excluding hydrogens is 293 g/mol. The second-order valence-electron chi connectivity index (χ2n) is 6.50. The van der Waals surface area contributed by atoms with Crippen molar-refractivity contribution in [2.45, 2.75) is 24.3 Å². The molecule has 2 aliphatic carbocycles. The third-order valence-electron chi connectivity index (χ3n) is 4.90. The van der Waals surface area contributed by atoms with Crippen LogP contribution in [0.1, 0.15) is 23.5 Å². The minimum atomic E-state index is -0.326. The van der Waals surface area contributed by atoms with Gasteiger partial charge in [0.2, 0.25) is 11.8 Å². The van der Waals surface area contributed by atoms with Crippen molar-refractivity contribution in [1.29, 1.82) is 0 Å². The van der Waals surface area contributed by atoms with Crippen molar-refractivity contribution in [3.63, 3.8) is 0 Å². The predicted molar refractivity (Wildman–Crippen MR) is 83.1 cm³/mol. The van der Waals surface area contributed by atoms with Crippen LogP contribution in [0.3, 0.4) is 0 Å². The summed E-state index contributed by atoms with van der Waals surface area (Å²) < 4.78 is 19.0. The fourth-order valence-electron chi connectivity index (χ4n) is 3.58. The number of aromatic nitrogens is 2. The zero-order valence-corrected chi connectivity index (χ0v) is 12.3. The van der Waals surface area contributed by atoms with Gasteiger partial charge in [0.1, 0.15) is 5.82 Å². The topological polar surface area (TPSA) is 64.9 Å². The molecule has 5 heteroatoms. The molecule has 1 fully saturated rings. The lowest BCUT2D eigenvalue weighted by atomic mass is 10.0. The highest BCUT2D eigenvalue weighted by Gasteiger charge is 2.56. The Bertz CT molecular complexity index is 936. The summed E-state index contributed by atoms with van der Waals surface area (Å²) in [6.45, 7) is 0. The zero-order chi connectivity index (χ0) is 15.6. The van der Waals surface area contributed by atoms with Crippen LogP contribution in [-0.2, 0) is 6.42 Å². The average Bonchev–Trinajstić information content (AvgIpc) is 2.92. The van der Waals surface area contributed by atoms with Gasteiger partial charge in [-0.15, -0.1) is 10.2 Å². The van der Waals surface area contributed by atoms with Gasteiger partial charge in [-0.2, -0.15) is 0 Å². The van der Waals surface area contributed by atoms with E-state index in [1.165, 1.54) is 23.3 Å². The maximum atomic E-state index is 13.3. The van der Waals surface area contributed by atoms with Gasteiger partial charge in [0.25, 0.3) is 0 Å². The molecule has 2 aliphatic rings. The van der Waals surface area contributed by atoms with Crippen LogP contribution in [0.5, 0.6) is 0 Å². The summed E-state index contributed by atoms with van der Waals surface area (Å²) in [5.74, 6) is 0.901. The molecule has 3 aromatic rings. The molecule has 5 rings (SSSR count). The van der Waals surface area contributed by atoms with Crippen LogP contribution in [0.4, 0.5) is 4.39 Å². The molecule has 2 N–H and O–H groups in total. The number of benzene rings is 2. The molecule has 0 amide bonds. The molecule has 4 nitrogen and oxygen atoms in total. The fourth-order valence-corrected chi connectivity index (χ4v) is 3.58. The summed E-state index contributed by atoms with van der Waals surface area (Å²) in [6, 6.07) is 12.3. The van der Waals surface area contributed by atoms with Gasteiger partial charge in [-0.05, 0) is 54.3 Å². The normalized spacial score (nSPS) is 24.3. The molecule has 1 aromatic heterocycles. The van der Waals surface area contributed by atoms with E-state index in [1.807, 2.05) is 6.07 Å². The van der Waals surface area contributed by atoms with E-state index in [9.17, 15) is 4.39 Å². The van der Waals surface area contributed by atoms with Crippen molar-refractivity contribution < 1.29 is 8.81 Å². The standard InChI is InChI=1S/C18H14FN3O/c19-13-3-1-2-10(6-13)16-21-22-17(23-16)11-4-5-12-8-18(20)9-15(18)14(12)7-11/h1-7,15H,8-9,20H2. The fraction of sp³-hybridized carbons (Fsp3) is 0.222. The number of halogens is 1. The Labute approximate surface area is 132 Å². The van der Waals surface area contributed by atoms with E-state index in [2.05, 4.69) is 22.3 Å². The summed E-state index contributed by atoms with van der Waals surface area (Å²) in [4.78, 5) is 0. The van der Waals surface area contributed by atoms with Gasteiger partial charge < -0.3 is 10.2 Å². The molecule has 0 radical (unpaired) electrons. The van der Waals surface area contributed by atoms with Gasteiger partial charge in [-0.25, -0.2) is 4.39 Å². The minimum absolute atomic E-state index is 0.0253. The first-order valence-corrected chi connectivity index (χ1v) is 7.64. The van der Waals surface area contributed by atoms with E-state index in [4.69, 9.17) is 10.2 Å². The second-order valence-corrected chi connectivity index (χ2v) is 6.50. The Balaban J connectivity index is 1.52. The molecule has 2 atom stereocenters. The van der Waals surface area contributed by atoms with Gasteiger partial charge in [0.05, 0.1) is 0 Å². The van der Waals surface area contributed by atoms with E-state index in [0.717, 1.165) is 18.4 Å². The Hall–Kier alpha value is -2.53. The number of nitrogens with two attached hydrogens (primary N) is 1. The molecule has 0 spiro atoms. The first-order valence-electron chi connectivity index (χ1n) is 7.64. The third-order valence-corrected chi connectivity index (χ3v) is 4.90. The highest BCUT2D eigenvalue weighted by Crippen LogP contribution is 2.58. The summed E-state index contributed by atoms with van der Waals surface area (Å²) in [5.41, 5.74) is 10.4. The highest BCUT2D eigenvalue weighted by molar-refractivity contribution is 5.62. The molecule has 23 heavy (non-hydrogen) atoms. The van der Waals surface area contributed by atoms with E-state index in [-0.39, 0.29) is 11.4 Å². The molecule has 1 saturated carbocycles. The number of hydrogen-bond donors (Lipinski definition) is 1. The molecular formula is C18H14FN3O. The molecule has 0 bridgehead atoms. The number of rotatable bonds is 2. The highest BCUT2D eigenvalue weighted by atomic mass is 19.1. The average molecular weight is 307 g/mol. The summed E-state index contributed by atoms with van der Waals surface area (Å²) >= 11 is 0. The molecule has 2 aromatic carbocycles. The largest absolute Gasteiger partial charge is 0.416 e. The van der Waals surface area contributed by atoms with E-state index >= 15 is 0 Å². The van der Waals surface area contributed by atoms with Gasteiger partial charge in [-0.3, -0.25) is 0 Å². The smallest absolute Gasteiger partial charge is 0.248 e. The molecule has 1 heterocycles. The van der Waals surface area contributed by atoms with Crippen molar-refractivity contribution in [2.24, 2.45) is 5.73 Å². The summed E-state index contributed by atoms with van der Waals surface area (Å²) in [7, 11) is 0. The van der Waals surface area contributed by atoms with Gasteiger partial charge in [0, 0.05) is 22.6 Å². The number of hydrogen-bond acceptors (Lipinski definition) is 4. The lowest BCUT2D eigenvalue weighted by molar-refractivity contribution is 0.582. The molecule has 2 unspecified atom stereocenters. The SMILES string of the molecule is NC12Cc3ccc(-c4nnc(-c5cccc(F)c5)o4)cc3C1C2. The van der Waals surface area contributed by atoms with E-state index in [1.54, 1.807) is 12.1 Å². The van der Waals surface area contributed by atoms with Gasteiger partial charge >= 0.3 is 0 Å². The Kier molecular flexibility index (Phi) is 2.40. The maximum Gasteiger partial charge on any atom is 0.248 e. The third kappa shape index (κ3) is 1.93. The van der Waals surface area contributed by atoms with Crippen LogP contribution in [0.15, 0.2) is 46.9 Å². The van der Waals surface area contributed by atoms with Crippen molar-refractivity contribution in [3.8, 4) is 22.9 Å². The molecule has 0 aliphatic heterocycles. The lowest BCUT2D eigenvalue weighted by Gasteiger charge is -2.04. The second kappa shape index (κ2) is 4.26. The van der Waals surface area contributed by atoms with Crippen LogP contribution in [0.2, 0.25) is 0 Å². The van der Waals surface area contributed by atoms with Gasteiger partial charge in [0.15, 0.2) is 0 Å². The Morgan fingerprint density at radius 1 is 1.09 bits per heavy atom. The predicted octanol–water partition coefficient (Wildman–Crippen LogP) is 3.28. The Morgan fingerprint density at radius 2 is 1.87 bits per heavy atom. The van der Waals surface area contributed by atoms with Crippen LogP contribution in [0, 0.1) is 5.82 Å². The number of fused-ring (bicyclic) bond motifs is 3. The summed E-state index contributed by atoms with van der Waals surface area (Å²) in [6.07, 6.45) is 2.01. The quantitative estimate of drug-likeness (QED) is 0.789. The van der Waals surface area contributed by atoms with Crippen LogP contribution < -0.4 is 5.73 Å². The van der Waals surface area contributed by atoms with Crippen molar-refractivity contribution in [1.82, 2.24) is 10.2 Å². The van der Waals surface area contributed by atoms with Crippen LogP contribution >= 0.6 is 0 Å². The lowest BCUT2D eigenvalue weighted by Crippen LogP contribution is -2.22. The van der Waals surface area contributed by atoms with Crippen LogP contribution in [-0.4, -0.2) is 15.7 Å². The van der Waals surface area contributed by atoms with Crippen molar-refractivity contribution in [2.75, 3.05) is 0 Å². The molecule has 0 saturated heterocycles. The first kappa shape index (κ1) is 13.0. The molecule has 114 valence electrons. The first-order chi connectivity index (χ1) is 11.1. The Morgan fingerprint density at radius 3 is 2.65 bits per heavy atom. The number of nitrogens with zero attached hydrogens (tertiary/aromatic N) is 2. The van der Waals surface area contributed by atoms with E-state index in [0.29, 0.717) is 23.3 Å². The van der Waals surface area contributed by atoms with Gasteiger partial charge in [-0.1, -0.05) is 12.1 Å². The van der Waals surface area contributed by atoms with Crippen molar-refractivity contribution in [3.05, 3.63) is 59.4 Å². The van der Waals surface area contributed by atoms with E-state index < -0.39 is 0 Å². The minimum Gasteiger partial charge on any atom is -0.416 e. The summed E-state index contributed by atoms with van der Waals surface area (Å²) in [5, 5.41) is 8.14. The van der Waals surface area contributed by atoms with Crippen molar-refractivity contribution >= 4 is 0 Å². The zero-order valence-electron chi connectivity index (χ0n) is 12.3. The monoisotopic (exact) mass is 307 g/mol. The van der Waals surface area contributed by atoms with Crippen LogP contribution in [0.25, 0.3) is 22.9 Å².